The van der Waals surface area contributed by atoms with Crippen LogP contribution in [0.5, 0.6) is 0 Å². The molecule has 2 heterocycles. The Morgan fingerprint density at radius 3 is 2.74 bits per heavy atom. The lowest BCUT2D eigenvalue weighted by atomic mass is 9.92. The number of aliphatic hydroxyl groups excluding tert-OH is 1. The van der Waals surface area contributed by atoms with Gasteiger partial charge in [0.2, 0.25) is 0 Å². The van der Waals surface area contributed by atoms with Crippen LogP contribution in [-0.2, 0) is 6.54 Å². The molecular weight excluding hydrogens is 290 g/mol. The van der Waals surface area contributed by atoms with Crippen LogP contribution in [0.1, 0.15) is 26.7 Å². The van der Waals surface area contributed by atoms with Crippen molar-refractivity contribution in [2.24, 2.45) is 5.92 Å². The van der Waals surface area contributed by atoms with Gasteiger partial charge in [0.1, 0.15) is 0 Å². The Kier molecular flexibility index (Phi) is 4.57. The smallest absolute Gasteiger partial charge is 0.321 e. The van der Waals surface area contributed by atoms with E-state index in [1.54, 1.807) is 0 Å². The Hall–Kier alpha value is -2.01. The molecule has 1 aromatic heterocycles. The molecule has 23 heavy (non-hydrogen) atoms. The van der Waals surface area contributed by atoms with Gasteiger partial charge in [-0.05, 0) is 56.2 Å². The molecule has 0 saturated carbocycles. The summed E-state index contributed by atoms with van der Waals surface area (Å²) in [6.07, 6.45) is 3.51. The van der Waals surface area contributed by atoms with Crippen LogP contribution < -0.4 is 5.32 Å². The minimum atomic E-state index is -0.288. The number of fused-ring (bicyclic) bond motifs is 1. The summed E-state index contributed by atoms with van der Waals surface area (Å²) in [5.41, 5.74) is 1.96. The number of nitrogens with one attached hydrogen (secondary N) is 1. The number of likely N-dealkylation sites (tertiary alicyclic amines) is 1. The van der Waals surface area contributed by atoms with Crippen LogP contribution in [0.4, 0.5) is 10.5 Å². The Balaban J connectivity index is 1.66. The summed E-state index contributed by atoms with van der Waals surface area (Å²) in [6.45, 7) is 6.26. The van der Waals surface area contributed by atoms with E-state index >= 15 is 0 Å². The number of carbonyl (C=O) groups is 1. The first kappa shape index (κ1) is 15.9. The predicted octanol–water partition coefficient (Wildman–Crippen LogP) is 3.29. The molecule has 1 aliphatic rings. The molecule has 1 aliphatic heterocycles. The van der Waals surface area contributed by atoms with Crippen molar-refractivity contribution < 1.29 is 9.90 Å². The van der Waals surface area contributed by atoms with Crippen molar-refractivity contribution in [3.8, 4) is 0 Å². The van der Waals surface area contributed by atoms with Gasteiger partial charge in [0.25, 0.3) is 0 Å². The minimum Gasteiger partial charge on any atom is -0.393 e. The van der Waals surface area contributed by atoms with Crippen LogP contribution in [0.2, 0.25) is 0 Å². The highest BCUT2D eigenvalue weighted by Crippen LogP contribution is 2.23. The molecule has 5 heteroatoms. The third-order valence-corrected chi connectivity index (χ3v) is 4.87. The topological polar surface area (TPSA) is 57.5 Å². The van der Waals surface area contributed by atoms with Gasteiger partial charge in [0.15, 0.2) is 0 Å². The van der Waals surface area contributed by atoms with Crippen LogP contribution in [-0.4, -0.2) is 39.8 Å². The van der Waals surface area contributed by atoms with Gasteiger partial charge in [-0.1, -0.05) is 6.07 Å². The van der Waals surface area contributed by atoms with E-state index in [9.17, 15) is 9.90 Å². The number of urea groups is 1. The van der Waals surface area contributed by atoms with Crippen molar-refractivity contribution in [2.75, 3.05) is 18.4 Å². The molecule has 0 bridgehead atoms. The number of aromatic nitrogens is 1. The molecule has 0 radical (unpaired) electrons. The number of anilines is 1. The maximum absolute atomic E-state index is 12.4. The van der Waals surface area contributed by atoms with Crippen LogP contribution in [0.3, 0.4) is 0 Å². The second-order valence-corrected chi connectivity index (χ2v) is 6.37. The predicted molar refractivity (Wildman–Crippen MR) is 92.6 cm³/mol. The normalized spacial score (nSPS) is 17.4. The molecular formula is C18H25N3O2. The summed E-state index contributed by atoms with van der Waals surface area (Å²) in [7, 11) is 0. The van der Waals surface area contributed by atoms with Crippen LogP contribution in [0.15, 0.2) is 30.5 Å². The van der Waals surface area contributed by atoms with E-state index in [0.29, 0.717) is 19.0 Å². The summed E-state index contributed by atoms with van der Waals surface area (Å²) in [5, 5.41) is 13.8. The number of benzene rings is 1. The maximum Gasteiger partial charge on any atom is 0.321 e. The van der Waals surface area contributed by atoms with E-state index in [1.807, 2.05) is 30.0 Å². The number of hydrogen-bond acceptors (Lipinski definition) is 2. The average molecular weight is 315 g/mol. The second kappa shape index (κ2) is 6.62. The van der Waals surface area contributed by atoms with E-state index < -0.39 is 0 Å². The zero-order valence-corrected chi connectivity index (χ0v) is 13.8. The van der Waals surface area contributed by atoms with E-state index in [1.165, 1.54) is 5.39 Å². The molecule has 1 fully saturated rings. The van der Waals surface area contributed by atoms with Crippen LogP contribution in [0.25, 0.3) is 10.9 Å². The van der Waals surface area contributed by atoms with E-state index in [0.717, 1.165) is 30.6 Å². The van der Waals surface area contributed by atoms with Crippen molar-refractivity contribution in [1.29, 1.82) is 0 Å². The standard InChI is InChI=1S/C18H25N3O2/c1-3-20-9-8-15-4-5-16(12-17(15)20)19-18(23)21-10-6-14(7-11-21)13(2)22/h4-5,8-9,12-14,22H,3,6-7,10-11H2,1-2H3,(H,19,23). The number of carbonyl (C=O) groups excluding carboxylic acids is 1. The number of aryl methyl sites for hydroxylation is 1. The highest BCUT2D eigenvalue weighted by atomic mass is 16.3. The summed E-state index contributed by atoms with van der Waals surface area (Å²) >= 11 is 0. The Morgan fingerprint density at radius 1 is 1.35 bits per heavy atom. The Labute approximate surface area is 136 Å². The molecule has 0 spiro atoms. The van der Waals surface area contributed by atoms with Crippen molar-refractivity contribution in [2.45, 2.75) is 39.3 Å². The molecule has 2 amide bonds. The molecule has 5 nitrogen and oxygen atoms in total. The quantitative estimate of drug-likeness (QED) is 0.913. The largest absolute Gasteiger partial charge is 0.393 e. The lowest BCUT2D eigenvalue weighted by molar-refractivity contribution is 0.0820. The number of amides is 2. The highest BCUT2D eigenvalue weighted by molar-refractivity contribution is 5.92. The molecule has 124 valence electrons. The first-order valence-corrected chi connectivity index (χ1v) is 8.41. The molecule has 2 N–H and O–H groups in total. The minimum absolute atomic E-state index is 0.0528. The first-order chi connectivity index (χ1) is 11.1. The third kappa shape index (κ3) is 3.34. The van der Waals surface area contributed by atoms with Gasteiger partial charge >= 0.3 is 6.03 Å². The van der Waals surface area contributed by atoms with Crippen molar-refractivity contribution >= 4 is 22.6 Å². The Morgan fingerprint density at radius 2 is 2.09 bits per heavy atom. The molecule has 1 saturated heterocycles. The number of piperidine rings is 1. The summed E-state index contributed by atoms with van der Waals surface area (Å²) < 4.78 is 2.17. The van der Waals surface area contributed by atoms with Crippen molar-refractivity contribution in [3.63, 3.8) is 0 Å². The van der Waals surface area contributed by atoms with Crippen molar-refractivity contribution in [1.82, 2.24) is 9.47 Å². The number of hydrogen-bond donors (Lipinski definition) is 2. The molecule has 1 aromatic carbocycles. The van der Waals surface area contributed by atoms with E-state index in [2.05, 4.69) is 29.1 Å². The maximum atomic E-state index is 12.4. The number of rotatable bonds is 3. The molecule has 1 atom stereocenters. The average Bonchev–Trinajstić information content (AvgIpc) is 2.97. The zero-order valence-electron chi connectivity index (χ0n) is 13.8. The second-order valence-electron chi connectivity index (χ2n) is 6.37. The lowest BCUT2D eigenvalue weighted by Crippen LogP contribution is -2.42. The first-order valence-electron chi connectivity index (χ1n) is 8.41. The van der Waals surface area contributed by atoms with Gasteiger partial charge in [-0.3, -0.25) is 0 Å². The molecule has 2 aromatic rings. The fourth-order valence-corrected chi connectivity index (χ4v) is 3.32. The zero-order chi connectivity index (χ0) is 16.4. The molecule has 0 aliphatic carbocycles. The molecule has 1 unspecified atom stereocenters. The van der Waals surface area contributed by atoms with Gasteiger partial charge in [-0.15, -0.1) is 0 Å². The number of aliphatic hydroxyl groups is 1. The number of nitrogens with zero attached hydrogens (tertiary/aromatic N) is 2. The van der Waals surface area contributed by atoms with Gasteiger partial charge in [0, 0.05) is 31.5 Å². The van der Waals surface area contributed by atoms with E-state index in [-0.39, 0.29) is 12.1 Å². The summed E-state index contributed by atoms with van der Waals surface area (Å²) in [6, 6.07) is 8.05. The third-order valence-electron chi connectivity index (χ3n) is 4.87. The lowest BCUT2D eigenvalue weighted by Gasteiger charge is -2.33. The van der Waals surface area contributed by atoms with Gasteiger partial charge < -0.3 is 19.9 Å². The van der Waals surface area contributed by atoms with Crippen LogP contribution >= 0.6 is 0 Å². The fourth-order valence-electron chi connectivity index (χ4n) is 3.32. The van der Waals surface area contributed by atoms with Gasteiger partial charge in [-0.2, -0.15) is 0 Å². The summed E-state index contributed by atoms with van der Waals surface area (Å²) in [4.78, 5) is 14.3. The SMILES string of the molecule is CCn1ccc2ccc(NC(=O)N3CCC(C(C)O)CC3)cc21. The molecule has 3 rings (SSSR count). The van der Waals surface area contributed by atoms with Crippen molar-refractivity contribution in [3.05, 3.63) is 30.5 Å². The van der Waals surface area contributed by atoms with Gasteiger partial charge in [0.05, 0.1) is 11.6 Å². The Bertz CT molecular complexity index is 685. The highest BCUT2D eigenvalue weighted by Gasteiger charge is 2.25. The van der Waals surface area contributed by atoms with Gasteiger partial charge in [-0.25, -0.2) is 4.79 Å². The van der Waals surface area contributed by atoms with E-state index in [4.69, 9.17) is 0 Å². The fraction of sp³-hybridized carbons (Fsp3) is 0.500. The summed E-state index contributed by atoms with van der Waals surface area (Å²) in [5.74, 6) is 0.309. The van der Waals surface area contributed by atoms with Crippen LogP contribution in [0, 0.1) is 5.92 Å². The monoisotopic (exact) mass is 315 g/mol.